The van der Waals surface area contributed by atoms with Crippen LogP contribution in [0.1, 0.15) is 18.4 Å². The van der Waals surface area contributed by atoms with Gasteiger partial charge in [0.2, 0.25) is 0 Å². The molecule has 8 nitrogen and oxygen atoms in total. The zero-order valence-corrected chi connectivity index (χ0v) is 17.4. The normalized spacial score (nSPS) is 26.4. The molecule has 0 radical (unpaired) electrons. The maximum atomic E-state index is 12.2. The van der Waals surface area contributed by atoms with Crippen LogP contribution in [0.25, 0.3) is 0 Å². The standard InChI is InChI=1S/C22H29N3O5/c1-24-21(27)14(11-23-22(24)28)7-8-25-12-15-9-17(26)20(10-16(15)13-25)30-19-6-4-3-5-18(19)29-2/h3-6,11,15-17,20,26H,7-10,12-13H2,1-2H3,(H,23,28)/t15-,16+,17+,20+/m0/s1. The Balaban J connectivity index is 1.37. The molecule has 2 aliphatic rings. The van der Waals surface area contributed by atoms with Crippen molar-refractivity contribution >= 4 is 0 Å². The summed E-state index contributed by atoms with van der Waals surface area (Å²) in [5.74, 6) is 2.20. The maximum absolute atomic E-state index is 12.2. The van der Waals surface area contributed by atoms with Crippen LogP contribution in [-0.4, -0.2) is 58.5 Å². The van der Waals surface area contributed by atoms with Crippen molar-refractivity contribution in [3.05, 3.63) is 56.9 Å². The molecule has 1 aliphatic heterocycles. The number of H-pyrrole nitrogens is 1. The minimum atomic E-state index is -0.511. The van der Waals surface area contributed by atoms with E-state index in [0.717, 1.165) is 30.6 Å². The number of ether oxygens (including phenoxy) is 2. The molecule has 1 aliphatic carbocycles. The predicted octanol–water partition coefficient (Wildman–Crippen LogP) is 0.775. The van der Waals surface area contributed by atoms with E-state index in [1.807, 2.05) is 24.3 Å². The highest BCUT2D eigenvalue weighted by molar-refractivity contribution is 5.39. The van der Waals surface area contributed by atoms with Crippen molar-refractivity contribution in [1.29, 1.82) is 0 Å². The van der Waals surface area contributed by atoms with Gasteiger partial charge in [-0.3, -0.25) is 9.36 Å². The number of methoxy groups -OCH3 is 1. The second-order valence-corrected chi connectivity index (χ2v) is 8.36. The minimum absolute atomic E-state index is 0.240. The first-order chi connectivity index (χ1) is 14.5. The molecule has 1 saturated carbocycles. The monoisotopic (exact) mass is 415 g/mol. The van der Waals surface area contributed by atoms with Crippen molar-refractivity contribution in [2.24, 2.45) is 18.9 Å². The first-order valence-electron chi connectivity index (χ1n) is 10.4. The van der Waals surface area contributed by atoms with E-state index < -0.39 is 11.8 Å². The summed E-state index contributed by atoms with van der Waals surface area (Å²) >= 11 is 0. The molecule has 30 heavy (non-hydrogen) atoms. The van der Waals surface area contributed by atoms with Crippen LogP contribution in [0.4, 0.5) is 0 Å². The highest BCUT2D eigenvalue weighted by atomic mass is 16.5. The van der Waals surface area contributed by atoms with Gasteiger partial charge in [-0.25, -0.2) is 4.79 Å². The number of benzene rings is 1. The van der Waals surface area contributed by atoms with Gasteiger partial charge in [-0.2, -0.15) is 0 Å². The largest absolute Gasteiger partial charge is 0.493 e. The molecule has 2 aromatic rings. The molecule has 8 heteroatoms. The lowest BCUT2D eigenvalue weighted by atomic mass is 9.78. The van der Waals surface area contributed by atoms with Gasteiger partial charge in [-0.05, 0) is 43.2 Å². The van der Waals surface area contributed by atoms with Crippen LogP contribution in [-0.2, 0) is 13.5 Å². The van der Waals surface area contributed by atoms with Crippen molar-refractivity contribution < 1.29 is 14.6 Å². The minimum Gasteiger partial charge on any atom is -0.493 e. The summed E-state index contributed by atoms with van der Waals surface area (Å²) in [5.41, 5.74) is -0.0218. The first kappa shape index (κ1) is 20.7. The zero-order valence-electron chi connectivity index (χ0n) is 17.4. The van der Waals surface area contributed by atoms with Crippen LogP contribution in [0.3, 0.4) is 0 Å². The summed E-state index contributed by atoms with van der Waals surface area (Å²) < 4.78 is 12.6. The first-order valence-corrected chi connectivity index (χ1v) is 10.4. The van der Waals surface area contributed by atoms with Gasteiger partial charge in [0.25, 0.3) is 5.56 Å². The molecule has 0 bridgehead atoms. The van der Waals surface area contributed by atoms with Gasteiger partial charge in [0.1, 0.15) is 6.10 Å². The van der Waals surface area contributed by atoms with Crippen molar-refractivity contribution in [2.75, 3.05) is 26.7 Å². The van der Waals surface area contributed by atoms with Crippen LogP contribution in [0.15, 0.2) is 40.1 Å². The third-order valence-electron chi connectivity index (χ3n) is 6.46. The zero-order chi connectivity index (χ0) is 21.3. The number of aromatic nitrogens is 2. The third kappa shape index (κ3) is 4.15. The molecular formula is C22H29N3O5. The molecular weight excluding hydrogens is 386 g/mol. The number of hydrogen-bond donors (Lipinski definition) is 2. The topological polar surface area (TPSA) is 96.8 Å². The van der Waals surface area contributed by atoms with Crippen LogP contribution in [0, 0.1) is 11.8 Å². The van der Waals surface area contributed by atoms with E-state index in [1.165, 1.54) is 13.2 Å². The fraction of sp³-hybridized carbons (Fsp3) is 0.545. The number of fused-ring (bicyclic) bond motifs is 1. The number of nitrogens with zero attached hydrogens (tertiary/aromatic N) is 2. The number of aliphatic hydroxyl groups is 1. The summed E-state index contributed by atoms with van der Waals surface area (Å²) in [5, 5.41) is 10.7. The Labute approximate surface area is 175 Å². The Kier molecular flexibility index (Phi) is 5.97. The molecule has 2 fully saturated rings. The molecule has 1 aromatic heterocycles. The van der Waals surface area contributed by atoms with Gasteiger partial charge in [0.15, 0.2) is 11.5 Å². The van der Waals surface area contributed by atoms with Crippen LogP contribution in [0.2, 0.25) is 0 Å². The Morgan fingerprint density at radius 1 is 1.13 bits per heavy atom. The number of aromatic amines is 1. The van der Waals surface area contributed by atoms with E-state index in [4.69, 9.17) is 9.47 Å². The number of hydrogen-bond acceptors (Lipinski definition) is 6. The van der Waals surface area contributed by atoms with Crippen molar-refractivity contribution in [1.82, 2.24) is 14.5 Å². The molecule has 4 atom stereocenters. The van der Waals surface area contributed by atoms with Gasteiger partial charge in [0.05, 0.1) is 13.2 Å². The van der Waals surface area contributed by atoms with Gasteiger partial charge in [-0.1, -0.05) is 12.1 Å². The summed E-state index contributed by atoms with van der Waals surface area (Å²) in [7, 11) is 3.10. The smallest absolute Gasteiger partial charge is 0.328 e. The Bertz CT molecular complexity index is 1000. The Hall–Kier alpha value is -2.58. The fourth-order valence-corrected chi connectivity index (χ4v) is 4.75. The molecule has 0 amide bonds. The molecule has 2 heterocycles. The second kappa shape index (κ2) is 8.65. The van der Waals surface area contributed by atoms with Crippen molar-refractivity contribution in [3.8, 4) is 11.5 Å². The Morgan fingerprint density at radius 2 is 1.83 bits per heavy atom. The van der Waals surface area contributed by atoms with Crippen molar-refractivity contribution in [3.63, 3.8) is 0 Å². The van der Waals surface area contributed by atoms with E-state index in [0.29, 0.717) is 41.7 Å². The number of likely N-dealkylation sites (tertiary alicyclic amines) is 1. The van der Waals surface area contributed by atoms with E-state index in [2.05, 4.69) is 9.88 Å². The summed E-state index contributed by atoms with van der Waals surface area (Å²) in [6.07, 6.45) is 2.85. The van der Waals surface area contributed by atoms with Crippen LogP contribution >= 0.6 is 0 Å². The predicted molar refractivity (Wildman–Crippen MR) is 112 cm³/mol. The lowest BCUT2D eigenvalue weighted by Crippen LogP contribution is -2.42. The summed E-state index contributed by atoms with van der Waals surface area (Å²) in [6, 6.07) is 7.51. The average Bonchev–Trinajstić information content (AvgIpc) is 3.13. The molecule has 0 unspecified atom stereocenters. The van der Waals surface area contributed by atoms with E-state index >= 15 is 0 Å². The molecule has 0 spiro atoms. The average molecular weight is 415 g/mol. The van der Waals surface area contributed by atoms with Crippen LogP contribution < -0.4 is 20.7 Å². The molecule has 4 rings (SSSR count). The quantitative estimate of drug-likeness (QED) is 0.724. The summed E-state index contributed by atoms with van der Waals surface area (Å²) in [6.45, 7) is 2.59. The molecule has 162 valence electrons. The lowest BCUT2D eigenvalue weighted by Gasteiger charge is -2.35. The highest BCUT2D eigenvalue weighted by Gasteiger charge is 2.42. The molecule has 2 N–H and O–H groups in total. The van der Waals surface area contributed by atoms with E-state index in [1.54, 1.807) is 7.11 Å². The summed E-state index contributed by atoms with van der Waals surface area (Å²) in [4.78, 5) is 28.7. The molecule has 1 aromatic carbocycles. The SMILES string of the molecule is COc1ccccc1O[C@@H]1C[C@@H]2CN(CCc3c[nH]c(=O)n(C)c3=O)C[C@@H]2C[C@H]1O. The van der Waals surface area contributed by atoms with Crippen LogP contribution in [0.5, 0.6) is 11.5 Å². The number of aliphatic hydroxyl groups excluding tert-OH is 1. The molecule has 1 saturated heterocycles. The highest BCUT2D eigenvalue weighted by Crippen LogP contribution is 2.39. The Morgan fingerprint density at radius 3 is 2.57 bits per heavy atom. The van der Waals surface area contributed by atoms with E-state index in [9.17, 15) is 14.7 Å². The number of para-hydroxylation sites is 2. The van der Waals surface area contributed by atoms with Gasteiger partial charge < -0.3 is 24.5 Å². The fourth-order valence-electron chi connectivity index (χ4n) is 4.75. The van der Waals surface area contributed by atoms with Gasteiger partial charge in [0, 0.05) is 38.4 Å². The maximum Gasteiger partial charge on any atom is 0.328 e. The third-order valence-corrected chi connectivity index (χ3v) is 6.46. The van der Waals surface area contributed by atoms with Crippen molar-refractivity contribution in [2.45, 2.75) is 31.5 Å². The van der Waals surface area contributed by atoms with E-state index in [-0.39, 0.29) is 11.7 Å². The number of nitrogens with one attached hydrogen (secondary N) is 1. The van der Waals surface area contributed by atoms with Gasteiger partial charge in [-0.15, -0.1) is 0 Å². The number of rotatable bonds is 6. The second-order valence-electron chi connectivity index (χ2n) is 8.36. The lowest BCUT2D eigenvalue weighted by molar-refractivity contribution is -0.0240. The van der Waals surface area contributed by atoms with Gasteiger partial charge >= 0.3 is 5.69 Å².